The van der Waals surface area contributed by atoms with Crippen LogP contribution in [-0.2, 0) is 0 Å². The third kappa shape index (κ3) is 4.34. The topological polar surface area (TPSA) is 79.8 Å². The highest BCUT2D eigenvalue weighted by Gasteiger charge is 2.10. The average molecular weight is 373 g/mol. The molecule has 0 aliphatic heterocycles. The molecule has 0 fully saturated rings. The van der Waals surface area contributed by atoms with Gasteiger partial charge in [0.1, 0.15) is 17.8 Å². The molecule has 2 aromatic heterocycles. The molecule has 2 heterocycles. The van der Waals surface area contributed by atoms with Crippen LogP contribution in [0.4, 0.5) is 11.5 Å². The number of para-hydroxylation sites is 1. The molecule has 0 atom stereocenters. The van der Waals surface area contributed by atoms with Crippen molar-refractivity contribution in [3.05, 3.63) is 66.3 Å². The van der Waals surface area contributed by atoms with E-state index in [4.69, 9.17) is 0 Å². The van der Waals surface area contributed by atoms with E-state index in [2.05, 4.69) is 31.7 Å². The zero-order chi connectivity index (χ0) is 19.2. The molecule has 1 amide bonds. The van der Waals surface area contributed by atoms with Crippen molar-refractivity contribution in [1.82, 2.24) is 20.3 Å². The first-order valence-electron chi connectivity index (χ1n) is 9.68. The molecule has 142 valence electrons. The molecule has 4 rings (SSSR count). The van der Waals surface area contributed by atoms with Crippen LogP contribution in [0.5, 0.6) is 0 Å². The molecule has 1 aliphatic rings. The van der Waals surface area contributed by atoms with Crippen molar-refractivity contribution in [1.29, 1.82) is 0 Å². The summed E-state index contributed by atoms with van der Waals surface area (Å²) in [6, 6.07) is 11.5. The Morgan fingerprint density at radius 3 is 2.89 bits per heavy atom. The number of anilines is 2. The molecule has 0 radical (unpaired) electrons. The highest BCUT2D eigenvalue weighted by atomic mass is 16.1. The number of nitrogens with zero attached hydrogens (tertiary/aromatic N) is 3. The predicted molar refractivity (Wildman–Crippen MR) is 111 cm³/mol. The fraction of sp³-hybridized carbons (Fsp3) is 0.273. The number of hydrogen-bond donors (Lipinski definition) is 2. The number of hydrogen-bond acceptors (Lipinski definition) is 5. The average Bonchev–Trinajstić information content (AvgIpc) is 2.75. The van der Waals surface area contributed by atoms with E-state index in [0.29, 0.717) is 18.1 Å². The summed E-state index contributed by atoms with van der Waals surface area (Å²) in [7, 11) is 0. The van der Waals surface area contributed by atoms with Gasteiger partial charge in [0.15, 0.2) is 0 Å². The minimum atomic E-state index is -0.182. The molecule has 3 aromatic rings. The lowest BCUT2D eigenvalue weighted by atomic mass is 9.97. The van der Waals surface area contributed by atoms with Gasteiger partial charge in [0.25, 0.3) is 5.91 Å². The second-order valence-electron chi connectivity index (χ2n) is 6.91. The van der Waals surface area contributed by atoms with E-state index in [0.717, 1.165) is 35.9 Å². The number of nitrogens with one attached hydrogen (secondary N) is 2. The standard InChI is InChI=1S/C22H23N5O/c28-22(24-13-11-16-6-2-1-3-7-16)19-14-20(26-15-25-19)27-18-10-4-8-17-9-5-12-23-21(17)18/h4-6,8-10,12,14-15H,1-3,7,11,13H2,(H,24,28)(H,25,26,27). The van der Waals surface area contributed by atoms with Crippen LogP contribution in [0.25, 0.3) is 10.9 Å². The van der Waals surface area contributed by atoms with Gasteiger partial charge in [-0.3, -0.25) is 9.78 Å². The van der Waals surface area contributed by atoms with Crippen molar-refractivity contribution in [2.45, 2.75) is 32.1 Å². The summed E-state index contributed by atoms with van der Waals surface area (Å²) in [5.74, 6) is 0.381. The fourth-order valence-electron chi connectivity index (χ4n) is 3.45. The summed E-state index contributed by atoms with van der Waals surface area (Å²) in [5, 5.41) is 7.24. The van der Waals surface area contributed by atoms with E-state index in [1.165, 1.54) is 24.7 Å². The minimum absolute atomic E-state index is 0.182. The van der Waals surface area contributed by atoms with Crippen LogP contribution in [0.3, 0.4) is 0 Å². The molecule has 0 saturated heterocycles. The fourth-order valence-corrected chi connectivity index (χ4v) is 3.45. The van der Waals surface area contributed by atoms with Crippen LogP contribution in [0.15, 0.2) is 60.6 Å². The number of allylic oxidation sites excluding steroid dienone is 1. The van der Waals surface area contributed by atoms with Gasteiger partial charge in [0, 0.05) is 24.2 Å². The van der Waals surface area contributed by atoms with Gasteiger partial charge in [-0.2, -0.15) is 0 Å². The second kappa shape index (κ2) is 8.61. The van der Waals surface area contributed by atoms with Crippen LogP contribution in [0, 0.1) is 0 Å². The number of benzene rings is 1. The molecule has 6 heteroatoms. The third-order valence-electron chi connectivity index (χ3n) is 4.91. The van der Waals surface area contributed by atoms with Gasteiger partial charge in [-0.25, -0.2) is 9.97 Å². The van der Waals surface area contributed by atoms with Gasteiger partial charge in [-0.05, 0) is 44.2 Å². The lowest BCUT2D eigenvalue weighted by Gasteiger charge is -2.13. The van der Waals surface area contributed by atoms with Gasteiger partial charge < -0.3 is 10.6 Å². The lowest BCUT2D eigenvalue weighted by Crippen LogP contribution is -2.26. The number of carbonyl (C=O) groups is 1. The first-order valence-corrected chi connectivity index (χ1v) is 9.68. The Morgan fingerprint density at radius 2 is 2.00 bits per heavy atom. The number of rotatable bonds is 6. The van der Waals surface area contributed by atoms with Gasteiger partial charge in [0.2, 0.25) is 0 Å². The molecule has 0 unspecified atom stereocenters. The molecule has 2 N–H and O–H groups in total. The van der Waals surface area contributed by atoms with E-state index >= 15 is 0 Å². The summed E-state index contributed by atoms with van der Waals surface area (Å²) >= 11 is 0. The number of amides is 1. The van der Waals surface area contributed by atoms with Gasteiger partial charge in [-0.15, -0.1) is 0 Å². The van der Waals surface area contributed by atoms with E-state index < -0.39 is 0 Å². The smallest absolute Gasteiger partial charge is 0.270 e. The largest absolute Gasteiger partial charge is 0.350 e. The Hall–Kier alpha value is -3.28. The van der Waals surface area contributed by atoms with Gasteiger partial charge >= 0.3 is 0 Å². The second-order valence-corrected chi connectivity index (χ2v) is 6.91. The molecule has 1 aliphatic carbocycles. The van der Waals surface area contributed by atoms with Crippen LogP contribution < -0.4 is 10.6 Å². The Labute approximate surface area is 164 Å². The number of carbonyl (C=O) groups excluding carboxylic acids is 1. The van der Waals surface area contributed by atoms with E-state index in [-0.39, 0.29) is 5.91 Å². The first kappa shape index (κ1) is 18.1. The lowest BCUT2D eigenvalue weighted by molar-refractivity contribution is 0.0949. The highest BCUT2D eigenvalue weighted by Crippen LogP contribution is 2.23. The molecule has 0 bridgehead atoms. The maximum Gasteiger partial charge on any atom is 0.270 e. The predicted octanol–water partition coefficient (Wildman–Crippen LogP) is 4.39. The quantitative estimate of drug-likeness (QED) is 0.627. The van der Waals surface area contributed by atoms with Crippen LogP contribution >= 0.6 is 0 Å². The Morgan fingerprint density at radius 1 is 1.07 bits per heavy atom. The molecule has 1 aromatic carbocycles. The zero-order valence-corrected chi connectivity index (χ0v) is 15.7. The van der Waals surface area contributed by atoms with Crippen LogP contribution in [0.1, 0.15) is 42.6 Å². The molecular weight excluding hydrogens is 350 g/mol. The molecule has 0 spiro atoms. The first-order chi connectivity index (χ1) is 13.8. The van der Waals surface area contributed by atoms with Crippen molar-refractivity contribution >= 4 is 28.3 Å². The zero-order valence-electron chi connectivity index (χ0n) is 15.7. The van der Waals surface area contributed by atoms with Crippen molar-refractivity contribution in [3.63, 3.8) is 0 Å². The molecular formula is C22H23N5O. The Bertz CT molecular complexity index is 1010. The SMILES string of the molecule is O=C(NCCC1=CCCCC1)c1cc(Nc2cccc3cccnc23)ncn1. The van der Waals surface area contributed by atoms with E-state index in [1.54, 1.807) is 12.3 Å². The van der Waals surface area contributed by atoms with E-state index in [9.17, 15) is 4.79 Å². The summed E-state index contributed by atoms with van der Waals surface area (Å²) in [6.07, 6.45) is 11.2. The maximum absolute atomic E-state index is 12.4. The van der Waals surface area contributed by atoms with Gasteiger partial charge in [0.05, 0.1) is 11.2 Å². The van der Waals surface area contributed by atoms with Gasteiger partial charge in [-0.1, -0.05) is 29.8 Å². The van der Waals surface area contributed by atoms with Crippen molar-refractivity contribution in [2.75, 3.05) is 11.9 Å². The summed E-state index contributed by atoms with van der Waals surface area (Å²) in [5.41, 5.74) is 3.49. The van der Waals surface area contributed by atoms with Crippen LogP contribution in [0.2, 0.25) is 0 Å². The third-order valence-corrected chi connectivity index (χ3v) is 4.91. The van der Waals surface area contributed by atoms with Crippen molar-refractivity contribution in [3.8, 4) is 0 Å². The van der Waals surface area contributed by atoms with Crippen molar-refractivity contribution < 1.29 is 4.79 Å². The summed E-state index contributed by atoms with van der Waals surface area (Å²) in [4.78, 5) is 25.2. The normalized spacial score (nSPS) is 13.8. The summed E-state index contributed by atoms with van der Waals surface area (Å²) < 4.78 is 0. The number of aromatic nitrogens is 3. The summed E-state index contributed by atoms with van der Waals surface area (Å²) in [6.45, 7) is 0.630. The molecule has 6 nitrogen and oxygen atoms in total. The maximum atomic E-state index is 12.4. The minimum Gasteiger partial charge on any atom is -0.350 e. The number of fused-ring (bicyclic) bond motifs is 1. The monoisotopic (exact) mass is 373 g/mol. The van der Waals surface area contributed by atoms with Crippen molar-refractivity contribution in [2.24, 2.45) is 0 Å². The molecule has 0 saturated carbocycles. The Kier molecular flexibility index (Phi) is 5.56. The van der Waals surface area contributed by atoms with E-state index in [1.807, 2.05) is 30.3 Å². The highest BCUT2D eigenvalue weighted by molar-refractivity contribution is 5.94. The molecule has 28 heavy (non-hydrogen) atoms. The van der Waals surface area contributed by atoms with Crippen LogP contribution in [-0.4, -0.2) is 27.4 Å². The Balaban J connectivity index is 1.42. The number of pyridine rings is 1.